The topological polar surface area (TPSA) is 26.0 Å². The first kappa shape index (κ1) is 6.66. The van der Waals surface area contributed by atoms with E-state index in [1.54, 1.807) is 0 Å². The second kappa shape index (κ2) is 1.34. The third kappa shape index (κ3) is 0.584. The summed E-state index contributed by atoms with van der Waals surface area (Å²) in [4.78, 5) is 0.175. The SMILES string of the molecule is Cl.NC12CC(Cl)(C1)C2. The van der Waals surface area contributed by atoms with Crippen molar-refractivity contribution in [1.29, 1.82) is 0 Å². The summed E-state index contributed by atoms with van der Waals surface area (Å²) in [5.74, 6) is 0. The van der Waals surface area contributed by atoms with Crippen molar-refractivity contribution in [3.8, 4) is 0 Å². The summed E-state index contributed by atoms with van der Waals surface area (Å²) in [5.41, 5.74) is 5.88. The van der Waals surface area contributed by atoms with Gasteiger partial charge in [0.25, 0.3) is 0 Å². The normalized spacial score (nSPS) is 57.8. The molecule has 3 heteroatoms. The van der Waals surface area contributed by atoms with Gasteiger partial charge in [-0.25, -0.2) is 0 Å². The van der Waals surface area contributed by atoms with Gasteiger partial charge in [-0.3, -0.25) is 0 Å². The monoisotopic (exact) mass is 153 g/mol. The second-order valence-electron chi connectivity index (χ2n) is 3.04. The van der Waals surface area contributed by atoms with Crippen molar-refractivity contribution >= 4 is 24.0 Å². The highest BCUT2D eigenvalue weighted by molar-refractivity contribution is 6.26. The van der Waals surface area contributed by atoms with E-state index in [0.717, 1.165) is 19.3 Å². The Morgan fingerprint density at radius 2 is 1.62 bits per heavy atom. The van der Waals surface area contributed by atoms with E-state index >= 15 is 0 Å². The molecule has 0 heterocycles. The molecule has 3 saturated carbocycles. The minimum atomic E-state index is 0. The zero-order chi connectivity index (χ0) is 5.12. The Labute approximate surface area is 60.0 Å². The van der Waals surface area contributed by atoms with E-state index in [4.69, 9.17) is 17.3 Å². The third-order valence-corrected chi connectivity index (χ3v) is 2.41. The van der Waals surface area contributed by atoms with E-state index in [1.807, 2.05) is 0 Å². The van der Waals surface area contributed by atoms with Crippen LogP contribution in [-0.2, 0) is 0 Å². The summed E-state index contributed by atoms with van der Waals surface area (Å²) in [6, 6.07) is 0. The van der Waals surface area contributed by atoms with Crippen molar-refractivity contribution in [2.75, 3.05) is 0 Å². The summed E-state index contributed by atoms with van der Waals surface area (Å²) in [6.07, 6.45) is 3.17. The van der Waals surface area contributed by atoms with Crippen LogP contribution < -0.4 is 5.73 Å². The fourth-order valence-corrected chi connectivity index (χ4v) is 2.54. The Bertz CT molecular complexity index is 91.8. The maximum absolute atomic E-state index is 5.88. The van der Waals surface area contributed by atoms with Gasteiger partial charge in [0.05, 0.1) is 0 Å². The molecular weight excluding hydrogens is 145 g/mol. The van der Waals surface area contributed by atoms with Crippen LogP contribution in [-0.4, -0.2) is 10.4 Å². The van der Waals surface area contributed by atoms with Gasteiger partial charge in [0.15, 0.2) is 0 Å². The van der Waals surface area contributed by atoms with Crippen LogP contribution in [0.15, 0.2) is 0 Å². The lowest BCUT2D eigenvalue weighted by Gasteiger charge is -2.65. The molecule has 3 aliphatic rings. The van der Waals surface area contributed by atoms with E-state index in [9.17, 15) is 0 Å². The second-order valence-corrected chi connectivity index (χ2v) is 3.85. The first-order chi connectivity index (χ1) is 3.12. The van der Waals surface area contributed by atoms with Gasteiger partial charge in [-0.1, -0.05) is 0 Å². The average Bonchev–Trinajstić information content (AvgIpc) is 1.27. The number of alkyl halides is 1. The van der Waals surface area contributed by atoms with Crippen molar-refractivity contribution in [3.63, 3.8) is 0 Å². The largest absolute Gasteiger partial charge is 0.325 e. The van der Waals surface area contributed by atoms with Gasteiger partial charge >= 0.3 is 0 Å². The predicted molar refractivity (Wildman–Crippen MR) is 36.6 cm³/mol. The molecule has 0 amide bonds. The number of halogens is 2. The molecule has 0 unspecified atom stereocenters. The standard InChI is InChI=1S/C5H8ClN.ClH/c6-4-1-5(7,2-4)3-4;/h1-3,7H2;1H. The molecule has 2 N–H and O–H groups in total. The zero-order valence-corrected chi connectivity index (χ0v) is 6.06. The van der Waals surface area contributed by atoms with E-state index in [-0.39, 0.29) is 22.8 Å². The van der Waals surface area contributed by atoms with E-state index in [2.05, 4.69) is 0 Å². The van der Waals surface area contributed by atoms with Crippen LogP contribution in [0, 0.1) is 0 Å². The first-order valence-electron chi connectivity index (χ1n) is 2.60. The first-order valence-corrected chi connectivity index (χ1v) is 2.98. The Balaban J connectivity index is 0.000000320. The number of hydrogen-bond donors (Lipinski definition) is 1. The van der Waals surface area contributed by atoms with Crippen LogP contribution in [0.3, 0.4) is 0 Å². The van der Waals surface area contributed by atoms with Crippen LogP contribution in [0.2, 0.25) is 0 Å². The molecule has 8 heavy (non-hydrogen) atoms. The summed E-state index contributed by atoms with van der Waals surface area (Å²) < 4.78 is 0. The van der Waals surface area contributed by atoms with Crippen molar-refractivity contribution in [1.82, 2.24) is 0 Å². The van der Waals surface area contributed by atoms with Crippen LogP contribution in [0.1, 0.15) is 19.3 Å². The van der Waals surface area contributed by atoms with Gasteiger partial charge in [-0.15, -0.1) is 24.0 Å². The molecule has 1 nitrogen and oxygen atoms in total. The highest BCUT2D eigenvalue weighted by Gasteiger charge is 2.65. The molecule has 0 spiro atoms. The number of nitrogens with two attached hydrogens (primary N) is 1. The molecule has 3 aliphatic carbocycles. The Kier molecular flexibility index (Phi) is 1.11. The maximum Gasteiger partial charge on any atom is 0.0499 e. The number of rotatable bonds is 0. The highest BCUT2D eigenvalue weighted by atomic mass is 35.5. The molecule has 48 valence electrons. The Morgan fingerprint density at radius 3 is 1.62 bits per heavy atom. The van der Waals surface area contributed by atoms with Crippen molar-refractivity contribution < 1.29 is 0 Å². The van der Waals surface area contributed by atoms with Crippen molar-refractivity contribution in [2.24, 2.45) is 5.73 Å². The Morgan fingerprint density at radius 1 is 1.25 bits per heavy atom. The van der Waals surface area contributed by atoms with Gasteiger partial charge in [-0.2, -0.15) is 0 Å². The molecule has 3 fully saturated rings. The third-order valence-electron chi connectivity index (χ3n) is 2.01. The fourth-order valence-electron chi connectivity index (χ4n) is 1.74. The summed E-state index contributed by atoms with van der Waals surface area (Å²) in [5, 5.41) is 0. The fraction of sp³-hybridized carbons (Fsp3) is 1.00. The molecule has 3 rings (SSSR count). The van der Waals surface area contributed by atoms with Gasteiger partial charge in [0, 0.05) is 10.4 Å². The summed E-state index contributed by atoms with van der Waals surface area (Å²) in [6.45, 7) is 0. The quantitative estimate of drug-likeness (QED) is 0.522. The zero-order valence-electron chi connectivity index (χ0n) is 4.48. The summed E-state index contributed by atoms with van der Waals surface area (Å²) >= 11 is 5.88. The van der Waals surface area contributed by atoms with Crippen molar-refractivity contribution in [3.05, 3.63) is 0 Å². The molecule has 0 aliphatic heterocycles. The minimum Gasteiger partial charge on any atom is -0.325 e. The predicted octanol–water partition coefficient (Wildman–Crippen LogP) is 1.28. The smallest absolute Gasteiger partial charge is 0.0499 e. The lowest BCUT2D eigenvalue weighted by atomic mass is 9.50. The van der Waals surface area contributed by atoms with Gasteiger partial charge in [0.2, 0.25) is 0 Å². The van der Waals surface area contributed by atoms with Crippen LogP contribution in [0.25, 0.3) is 0 Å². The molecule has 0 aromatic rings. The maximum atomic E-state index is 5.88. The molecule has 0 saturated heterocycles. The molecule has 0 aromatic carbocycles. The molecule has 2 bridgehead atoms. The summed E-state index contributed by atoms with van der Waals surface area (Å²) in [7, 11) is 0. The molecule has 0 aromatic heterocycles. The Hall–Kier alpha value is 0.540. The lowest BCUT2D eigenvalue weighted by Crippen LogP contribution is -2.73. The minimum absolute atomic E-state index is 0. The van der Waals surface area contributed by atoms with Gasteiger partial charge in [-0.05, 0) is 19.3 Å². The highest BCUT2D eigenvalue weighted by Crippen LogP contribution is 2.62. The lowest BCUT2D eigenvalue weighted by molar-refractivity contribution is 0.0114. The van der Waals surface area contributed by atoms with Crippen LogP contribution >= 0.6 is 24.0 Å². The van der Waals surface area contributed by atoms with E-state index < -0.39 is 0 Å². The van der Waals surface area contributed by atoms with E-state index in [1.165, 1.54) is 0 Å². The van der Waals surface area contributed by atoms with Crippen LogP contribution in [0.5, 0.6) is 0 Å². The average molecular weight is 154 g/mol. The van der Waals surface area contributed by atoms with Crippen LogP contribution in [0.4, 0.5) is 0 Å². The van der Waals surface area contributed by atoms with Crippen molar-refractivity contribution in [2.45, 2.75) is 29.7 Å². The molecule has 0 radical (unpaired) electrons. The van der Waals surface area contributed by atoms with Gasteiger partial charge in [0.1, 0.15) is 0 Å². The molecular formula is C5H9Cl2N. The molecule has 0 atom stereocenters. The van der Waals surface area contributed by atoms with Gasteiger partial charge < -0.3 is 5.73 Å². The number of hydrogen-bond acceptors (Lipinski definition) is 1. The van der Waals surface area contributed by atoms with E-state index in [0.29, 0.717) is 0 Å².